The molecule has 0 fully saturated rings. The van der Waals surface area contributed by atoms with Gasteiger partial charge in [-0.2, -0.15) is 0 Å². The number of aromatic nitrogens is 1. The topological polar surface area (TPSA) is 46.3 Å². The number of hydrogen-bond donors (Lipinski definition) is 1. The van der Waals surface area contributed by atoms with Crippen molar-refractivity contribution in [1.29, 1.82) is 0 Å². The van der Waals surface area contributed by atoms with Gasteiger partial charge in [-0.3, -0.25) is 0 Å². The van der Waals surface area contributed by atoms with E-state index in [0.717, 1.165) is 0 Å². The molecule has 0 aliphatic heterocycles. The van der Waals surface area contributed by atoms with Crippen molar-refractivity contribution in [1.82, 2.24) is 4.98 Å². The third-order valence-corrected chi connectivity index (χ3v) is 2.32. The molecular weight excluding hydrogens is 209 g/mol. The van der Waals surface area contributed by atoms with Gasteiger partial charge in [-0.25, -0.2) is 9.37 Å². The van der Waals surface area contributed by atoms with E-state index in [9.17, 15) is 9.50 Å². The highest BCUT2D eigenvalue weighted by Crippen LogP contribution is 2.24. The summed E-state index contributed by atoms with van der Waals surface area (Å²) in [5.41, 5.74) is 1.20. The third-order valence-electron chi connectivity index (χ3n) is 2.32. The average Bonchev–Trinajstić information content (AvgIpc) is 2.61. The average molecular weight is 221 g/mol. The number of nitrogens with zero attached hydrogens (tertiary/aromatic N) is 1. The molecule has 16 heavy (non-hydrogen) atoms. The Balaban J connectivity index is 2.41. The van der Waals surface area contributed by atoms with Crippen molar-refractivity contribution in [2.24, 2.45) is 0 Å². The second kappa shape index (κ2) is 4.06. The van der Waals surface area contributed by atoms with E-state index >= 15 is 0 Å². The van der Waals surface area contributed by atoms with Crippen molar-refractivity contribution in [3.63, 3.8) is 0 Å². The molecule has 4 heteroatoms. The van der Waals surface area contributed by atoms with Crippen molar-refractivity contribution >= 4 is 0 Å². The summed E-state index contributed by atoms with van der Waals surface area (Å²) >= 11 is 0. The van der Waals surface area contributed by atoms with Gasteiger partial charge in [-0.1, -0.05) is 0 Å². The van der Waals surface area contributed by atoms with Crippen LogP contribution in [0.25, 0.3) is 11.5 Å². The summed E-state index contributed by atoms with van der Waals surface area (Å²) in [6.45, 7) is 3.36. The van der Waals surface area contributed by atoms with Gasteiger partial charge in [0.2, 0.25) is 5.89 Å². The first-order valence-corrected chi connectivity index (χ1v) is 4.99. The molecule has 0 aliphatic rings. The van der Waals surface area contributed by atoms with Crippen LogP contribution in [0.5, 0.6) is 0 Å². The number of benzene rings is 1. The lowest BCUT2D eigenvalue weighted by atomic mass is 10.2. The fourth-order valence-electron chi connectivity index (χ4n) is 1.51. The first-order chi connectivity index (χ1) is 7.58. The van der Waals surface area contributed by atoms with E-state index in [0.29, 0.717) is 22.9 Å². The van der Waals surface area contributed by atoms with Gasteiger partial charge in [0, 0.05) is 5.56 Å². The fraction of sp³-hybridized carbons (Fsp3) is 0.250. The van der Waals surface area contributed by atoms with E-state index in [2.05, 4.69) is 4.98 Å². The maximum Gasteiger partial charge on any atom is 0.226 e. The number of aliphatic hydroxyl groups is 1. The van der Waals surface area contributed by atoms with Crippen LogP contribution in [-0.4, -0.2) is 10.1 Å². The molecule has 2 aromatic rings. The largest absolute Gasteiger partial charge is 0.441 e. The lowest BCUT2D eigenvalue weighted by molar-refractivity contribution is 0.193. The Hall–Kier alpha value is -1.68. The molecule has 0 spiro atoms. The monoisotopic (exact) mass is 221 g/mol. The maximum absolute atomic E-state index is 12.7. The van der Waals surface area contributed by atoms with Crippen LogP contribution in [0.4, 0.5) is 4.39 Å². The Kier molecular flexibility index (Phi) is 2.75. The van der Waals surface area contributed by atoms with E-state index in [4.69, 9.17) is 4.42 Å². The summed E-state index contributed by atoms with van der Waals surface area (Å²) in [5, 5.41) is 9.43. The summed E-state index contributed by atoms with van der Waals surface area (Å²) in [6, 6.07) is 5.87. The molecule has 0 bridgehead atoms. The van der Waals surface area contributed by atoms with Gasteiger partial charge in [0.1, 0.15) is 17.3 Å². The molecule has 2 rings (SSSR count). The molecule has 1 unspecified atom stereocenters. The Morgan fingerprint density at radius 1 is 1.31 bits per heavy atom. The minimum Gasteiger partial charge on any atom is -0.441 e. The summed E-state index contributed by atoms with van der Waals surface area (Å²) < 4.78 is 18.1. The highest BCUT2D eigenvalue weighted by Gasteiger charge is 2.14. The Bertz CT molecular complexity index is 488. The van der Waals surface area contributed by atoms with E-state index in [1.165, 1.54) is 12.1 Å². The van der Waals surface area contributed by atoms with Crippen molar-refractivity contribution in [3.05, 3.63) is 41.5 Å². The first-order valence-electron chi connectivity index (χ1n) is 4.99. The van der Waals surface area contributed by atoms with E-state index in [1.807, 2.05) is 0 Å². The summed E-state index contributed by atoms with van der Waals surface area (Å²) in [7, 11) is 0. The molecule has 0 amide bonds. The molecular formula is C12H12FNO2. The van der Waals surface area contributed by atoms with E-state index < -0.39 is 6.10 Å². The van der Waals surface area contributed by atoms with Crippen molar-refractivity contribution in [2.45, 2.75) is 20.0 Å². The lowest BCUT2D eigenvalue weighted by Crippen LogP contribution is -1.93. The van der Waals surface area contributed by atoms with Gasteiger partial charge < -0.3 is 9.52 Å². The molecule has 1 heterocycles. The summed E-state index contributed by atoms with van der Waals surface area (Å²) in [4.78, 5) is 4.17. The number of oxazole rings is 1. The molecule has 0 saturated heterocycles. The number of aliphatic hydroxyl groups excluding tert-OH is 1. The van der Waals surface area contributed by atoms with Gasteiger partial charge in [0.25, 0.3) is 0 Å². The zero-order valence-corrected chi connectivity index (χ0v) is 9.07. The predicted molar refractivity (Wildman–Crippen MR) is 57.3 cm³/mol. The van der Waals surface area contributed by atoms with Crippen molar-refractivity contribution in [2.75, 3.05) is 0 Å². The molecule has 3 nitrogen and oxygen atoms in total. The zero-order valence-electron chi connectivity index (χ0n) is 9.07. The van der Waals surface area contributed by atoms with Gasteiger partial charge in [-0.05, 0) is 38.1 Å². The smallest absolute Gasteiger partial charge is 0.226 e. The van der Waals surface area contributed by atoms with Crippen molar-refractivity contribution < 1.29 is 13.9 Å². The summed E-state index contributed by atoms with van der Waals surface area (Å²) in [6.07, 6.45) is -0.669. The minimum atomic E-state index is -0.669. The number of rotatable bonds is 2. The van der Waals surface area contributed by atoms with Gasteiger partial charge in [0.15, 0.2) is 0 Å². The molecule has 1 atom stereocenters. The lowest BCUT2D eigenvalue weighted by Gasteiger charge is -1.97. The second-order valence-electron chi connectivity index (χ2n) is 3.64. The molecule has 0 aliphatic carbocycles. The summed E-state index contributed by atoms with van der Waals surface area (Å²) in [5.74, 6) is 0.672. The van der Waals surface area contributed by atoms with Crippen LogP contribution < -0.4 is 0 Å². The van der Waals surface area contributed by atoms with Crippen LogP contribution in [0.1, 0.15) is 24.5 Å². The van der Waals surface area contributed by atoms with E-state index in [1.54, 1.807) is 26.0 Å². The highest BCUT2D eigenvalue weighted by atomic mass is 19.1. The Morgan fingerprint density at radius 2 is 1.94 bits per heavy atom. The normalized spacial score (nSPS) is 12.8. The standard InChI is InChI=1S/C12H12FNO2/c1-7(15)11-8(2)16-12(14-11)9-3-5-10(13)6-4-9/h3-7,15H,1-2H3. The minimum absolute atomic E-state index is 0.303. The molecule has 0 saturated carbocycles. The third kappa shape index (κ3) is 1.97. The molecule has 1 N–H and O–H groups in total. The van der Waals surface area contributed by atoms with Crippen LogP contribution in [0, 0.1) is 12.7 Å². The molecule has 1 aromatic carbocycles. The Labute approximate surface area is 92.6 Å². The zero-order chi connectivity index (χ0) is 11.7. The molecule has 84 valence electrons. The second-order valence-corrected chi connectivity index (χ2v) is 3.64. The SMILES string of the molecule is Cc1oc(-c2ccc(F)cc2)nc1C(C)O. The van der Waals surface area contributed by atoms with Crippen LogP contribution in [-0.2, 0) is 0 Å². The van der Waals surface area contributed by atoms with Crippen LogP contribution >= 0.6 is 0 Å². The fourth-order valence-corrected chi connectivity index (χ4v) is 1.51. The van der Waals surface area contributed by atoms with Crippen LogP contribution in [0.15, 0.2) is 28.7 Å². The number of hydrogen-bond acceptors (Lipinski definition) is 3. The highest BCUT2D eigenvalue weighted by molar-refractivity contribution is 5.53. The van der Waals surface area contributed by atoms with Crippen molar-refractivity contribution in [3.8, 4) is 11.5 Å². The van der Waals surface area contributed by atoms with Gasteiger partial charge >= 0.3 is 0 Å². The van der Waals surface area contributed by atoms with Crippen LogP contribution in [0.3, 0.4) is 0 Å². The van der Waals surface area contributed by atoms with Gasteiger partial charge in [0.05, 0.1) is 6.10 Å². The first kappa shape index (κ1) is 10.8. The number of aryl methyl sites for hydroxylation is 1. The number of halogens is 1. The maximum atomic E-state index is 12.7. The Morgan fingerprint density at radius 3 is 2.44 bits per heavy atom. The van der Waals surface area contributed by atoms with Gasteiger partial charge in [-0.15, -0.1) is 0 Å². The quantitative estimate of drug-likeness (QED) is 0.848. The van der Waals surface area contributed by atoms with E-state index in [-0.39, 0.29) is 5.82 Å². The van der Waals surface area contributed by atoms with Crippen LogP contribution in [0.2, 0.25) is 0 Å². The predicted octanol–water partition coefficient (Wildman–Crippen LogP) is 2.84. The molecule has 0 radical (unpaired) electrons. The molecule has 1 aromatic heterocycles.